The normalized spacial score (nSPS) is 11.2. The van der Waals surface area contributed by atoms with Crippen molar-refractivity contribution in [3.63, 3.8) is 0 Å². The third-order valence-electron chi connectivity index (χ3n) is 3.28. The fraction of sp³-hybridized carbons (Fsp3) is 0.0588. The highest BCUT2D eigenvalue weighted by atomic mass is 32.1. The lowest BCUT2D eigenvalue weighted by atomic mass is 10.1. The van der Waals surface area contributed by atoms with Crippen LogP contribution in [0.15, 0.2) is 46.2 Å². The lowest BCUT2D eigenvalue weighted by Crippen LogP contribution is -1.83. The van der Waals surface area contributed by atoms with Gasteiger partial charge in [-0.15, -0.1) is 11.3 Å². The molecule has 7 heteroatoms. The van der Waals surface area contributed by atoms with Crippen LogP contribution in [-0.4, -0.2) is 9.91 Å². The van der Waals surface area contributed by atoms with Crippen LogP contribution >= 0.6 is 11.3 Å². The molecular formula is C17H11N3O3S. The first-order valence-electron chi connectivity index (χ1n) is 6.96. The van der Waals surface area contributed by atoms with Crippen LogP contribution in [0.5, 0.6) is 0 Å². The Balaban J connectivity index is 1.91. The van der Waals surface area contributed by atoms with Gasteiger partial charge in [0.05, 0.1) is 17.3 Å². The number of benzene rings is 1. The van der Waals surface area contributed by atoms with E-state index in [1.54, 1.807) is 0 Å². The van der Waals surface area contributed by atoms with Gasteiger partial charge in [-0.1, -0.05) is 29.8 Å². The molecule has 1 aromatic carbocycles. The second-order valence-corrected chi connectivity index (χ2v) is 5.86. The highest BCUT2D eigenvalue weighted by Gasteiger charge is 2.13. The van der Waals surface area contributed by atoms with E-state index >= 15 is 0 Å². The third kappa shape index (κ3) is 3.24. The van der Waals surface area contributed by atoms with Crippen molar-refractivity contribution in [1.29, 1.82) is 5.26 Å². The number of aromatic nitrogens is 1. The average molecular weight is 337 g/mol. The number of thiazole rings is 1. The van der Waals surface area contributed by atoms with Gasteiger partial charge in [-0.05, 0) is 13.0 Å². The van der Waals surface area contributed by atoms with E-state index in [1.165, 1.54) is 29.5 Å². The molecule has 0 aliphatic heterocycles. The van der Waals surface area contributed by atoms with Crippen LogP contribution in [0.3, 0.4) is 0 Å². The molecule has 0 N–H and O–H groups in total. The molecule has 0 spiro atoms. The summed E-state index contributed by atoms with van der Waals surface area (Å²) in [6.07, 6.45) is 1.45. The van der Waals surface area contributed by atoms with Gasteiger partial charge >= 0.3 is 5.88 Å². The van der Waals surface area contributed by atoms with E-state index in [4.69, 9.17) is 4.42 Å². The van der Waals surface area contributed by atoms with Gasteiger partial charge in [-0.2, -0.15) is 5.26 Å². The minimum absolute atomic E-state index is 0.241. The van der Waals surface area contributed by atoms with Crippen LogP contribution < -0.4 is 0 Å². The molecule has 24 heavy (non-hydrogen) atoms. The predicted molar refractivity (Wildman–Crippen MR) is 91.1 cm³/mol. The fourth-order valence-corrected chi connectivity index (χ4v) is 2.85. The zero-order valence-corrected chi connectivity index (χ0v) is 13.4. The van der Waals surface area contributed by atoms with Gasteiger partial charge in [0.1, 0.15) is 21.8 Å². The van der Waals surface area contributed by atoms with Crippen molar-refractivity contribution < 1.29 is 9.34 Å². The Bertz CT molecular complexity index is 962. The number of furan rings is 1. The Morgan fingerprint density at radius 1 is 1.33 bits per heavy atom. The van der Waals surface area contributed by atoms with Gasteiger partial charge in [-0.25, -0.2) is 4.98 Å². The summed E-state index contributed by atoms with van der Waals surface area (Å²) in [5.74, 6) is -0.122. The lowest BCUT2D eigenvalue weighted by molar-refractivity contribution is -0.402. The molecule has 3 aromatic rings. The predicted octanol–water partition coefficient (Wildman–Crippen LogP) is 4.68. The number of aryl methyl sites for hydroxylation is 1. The summed E-state index contributed by atoms with van der Waals surface area (Å²) in [7, 11) is 0. The maximum absolute atomic E-state index is 10.6. The molecule has 118 valence electrons. The van der Waals surface area contributed by atoms with Crippen molar-refractivity contribution in [3.05, 3.63) is 68.2 Å². The van der Waals surface area contributed by atoms with Crippen LogP contribution in [-0.2, 0) is 0 Å². The van der Waals surface area contributed by atoms with Crippen molar-refractivity contribution in [1.82, 2.24) is 4.98 Å². The van der Waals surface area contributed by atoms with Crippen LogP contribution in [0.4, 0.5) is 5.88 Å². The van der Waals surface area contributed by atoms with E-state index < -0.39 is 4.92 Å². The molecule has 0 atom stereocenters. The molecule has 0 fully saturated rings. The Morgan fingerprint density at radius 2 is 2.08 bits per heavy atom. The van der Waals surface area contributed by atoms with Crippen LogP contribution in [0, 0.1) is 28.4 Å². The lowest BCUT2D eigenvalue weighted by Gasteiger charge is -1.97. The molecule has 2 heterocycles. The molecule has 0 unspecified atom stereocenters. The number of hydrogen-bond acceptors (Lipinski definition) is 6. The molecular weight excluding hydrogens is 326 g/mol. The van der Waals surface area contributed by atoms with E-state index in [1.807, 2.05) is 36.6 Å². The summed E-state index contributed by atoms with van der Waals surface area (Å²) in [6.45, 7) is 2.01. The third-order valence-corrected chi connectivity index (χ3v) is 4.16. The van der Waals surface area contributed by atoms with Crippen molar-refractivity contribution in [2.24, 2.45) is 0 Å². The zero-order chi connectivity index (χ0) is 17.1. The molecule has 0 saturated carbocycles. The summed E-state index contributed by atoms with van der Waals surface area (Å²) >= 11 is 1.34. The Labute approximate surface area is 141 Å². The van der Waals surface area contributed by atoms with E-state index in [-0.39, 0.29) is 11.6 Å². The maximum atomic E-state index is 10.6. The number of allylic oxidation sites excluding steroid dienone is 1. The molecule has 0 radical (unpaired) electrons. The van der Waals surface area contributed by atoms with E-state index in [0.717, 1.165) is 16.8 Å². The second-order valence-electron chi connectivity index (χ2n) is 5.01. The van der Waals surface area contributed by atoms with Crippen LogP contribution in [0.25, 0.3) is 22.9 Å². The first kappa shape index (κ1) is 15.6. The smallest absolute Gasteiger partial charge is 0.401 e. The van der Waals surface area contributed by atoms with E-state index in [0.29, 0.717) is 10.6 Å². The van der Waals surface area contributed by atoms with Gasteiger partial charge in [0.15, 0.2) is 0 Å². The fourth-order valence-electron chi connectivity index (χ4n) is 2.06. The zero-order valence-electron chi connectivity index (χ0n) is 12.6. The number of nitrogens with zero attached hydrogens (tertiary/aromatic N) is 3. The monoisotopic (exact) mass is 337 g/mol. The molecule has 0 amide bonds. The Kier molecular flexibility index (Phi) is 4.22. The topological polar surface area (TPSA) is 93.0 Å². The van der Waals surface area contributed by atoms with Crippen molar-refractivity contribution in [3.8, 4) is 17.3 Å². The van der Waals surface area contributed by atoms with Gasteiger partial charge in [0, 0.05) is 17.0 Å². The molecule has 0 aliphatic rings. The minimum atomic E-state index is -0.623. The molecule has 2 aromatic heterocycles. The summed E-state index contributed by atoms with van der Waals surface area (Å²) in [6, 6.07) is 12.7. The van der Waals surface area contributed by atoms with E-state index in [2.05, 4.69) is 11.1 Å². The van der Waals surface area contributed by atoms with Crippen LogP contribution in [0.1, 0.15) is 16.3 Å². The average Bonchev–Trinajstić information content (AvgIpc) is 3.23. The summed E-state index contributed by atoms with van der Waals surface area (Å²) in [5.41, 5.74) is 3.20. The largest absolute Gasteiger partial charge is 0.433 e. The van der Waals surface area contributed by atoms with Gasteiger partial charge in [-0.3, -0.25) is 10.1 Å². The molecule has 0 bridgehead atoms. The maximum Gasteiger partial charge on any atom is 0.433 e. The van der Waals surface area contributed by atoms with Gasteiger partial charge < -0.3 is 4.42 Å². The Hall–Kier alpha value is -3.24. The van der Waals surface area contributed by atoms with Crippen molar-refractivity contribution >= 4 is 28.9 Å². The standard InChI is InChI=1S/C17H11N3O3S/c1-11-2-4-12(5-3-11)15-10-24-17(19-15)13(9-18)8-14-6-7-16(23-14)20(21)22/h2-8,10H,1H3/b13-8-. The Morgan fingerprint density at radius 3 is 2.71 bits per heavy atom. The van der Waals surface area contributed by atoms with E-state index in [9.17, 15) is 15.4 Å². The molecule has 6 nitrogen and oxygen atoms in total. The minimum Gasteiger partial charge on any atom is -0.401 e. The first-order chi connectivity index (χ1) is 11.6. The second kappa shape index (κ2) is 6.48. The SMILES string of the molecule is Cc1ccc(-c2csc(/C(C#N)=C\c3ccc([N+](=O)[O-])o3)n2)cc1. The molecule has 0 saturated heterocycles. The van der Waals surface area contributed by atoms with Crippen molar-refractivity contribution in [2.45, 2.75) is 6.92 Å². The number of nitriles is 1. The number of nitro groups is 1. The quantitative estimate of drug-likeness (QED) is 0.391. The summed E-state index contributed by atoms with van der Waals surface area (Å²) in [5, 5.41) is 22.4. The van der Waals surface area contributed by atoms with Gasteiger partial charge in [0.25, 0.3) is 0 Å². The summed E-state index contributed by atoms with van der Waals surface area (Å²) in [4.78, 5) is 14.5. The number of rotatable bonds is 4. The van der Waals surface area contributed by atoms with Crippen LogP contribution in [0.2, 0.25) is 0 Å². The highest BCUT2D eigenvalue weighted by Crippen LogP contribution is 2.28. The van der Waals surface area contributed by atoms with Gasteiger partial charge in [0.2, 0.25) is 0 Å². The van der Waals surface area contributed by atoms with Crippen molar-refractivity contribution in [2.75, 3.05) is 0 Å². The highest BCUT2D eigenvalue weighted by molar-refractivity contribution is 7.11. The summed E-state index contributed by atoms with van der Waals surface area (Å²) < 4.78 is 5.05. The molecule has 0 aliphatic carbocycles. The number of hydrogen-bond donors (Lipinski definition) is 0. The molecule has 3 rings (SSSR count). The first-order valence-corrected chi connectivity index (χ1v) is 7.84.